The maximum absolute atomic E-state index is 13.1. The summed E-state index contributed by atoms with van der Waals surface area (Å²) >= 11 is 1.16. The van der Waals surface area contributed by atoms with E-state index in [9.17, 15) is 10.1 Å². The summed E-state index contributed by atoms with van der Waals surface area (Å²) in [5.41, 5.74) is 7.73. The molecule has 1 aromatic rings. The molecule has 9 nitrogen and oxygen atoms in total. The van der Waals surface area contributed by atoms with Crippen molar-refractivity contribution in [2.75, 3.05) is 21.3 Å². The predicted octanol–water partition coefficient (Wildman–Crippen LogP) is 3.05. The van der Waals surface area contributed by atoms with Crippen LogP contribution in [0.3, 0.4) is 0 Å². The predicted molar refractivity (Wildman–Crippen MR) is 116 cm³/mol. The Hall–Kier alpha value is -3.32. The Balaban J connectivity index is 2.27. The van der Waals surface area contributed by atoms with Crippen LogP contribution in [0.5, 0.6) is 17.2 Å². The van der Waals surface area contributed by atoms with Gasteiger partial charge < -0.3 is 24.7 Å². The summed E-state index contributed by atoms with van der Waals surface area (Å²) in [5, 5.41) is 9.99. The highest BCUT2D eigenvalue weighted by atomic mass is 32.2. The first-order valence-electron chi connectivity index (χ1n) is 9.44. The van der Waals surface area contributed by atoms with Crippen molar-refractivity contribution in [1.29, 1.82) is 5.26 Å². The fraction of sp³-hybridized carbons (Fsp3) is 0.381. The Morgan fingerprint density at radius 1 is 1.23 bits per heavy atom. The van der Waals surface area contributed by atoms with Crippen LogP contribution in [-0.4, -0.2) is 43.5 Å². The van der Waals surface area contributed by atoms with Gasteiger partial charge in [0.05, 0.1) is 44.7 Å². The highest BCUT2D eigenvalue weighted by Crippen LogP contribution is 2.48. The van der Waals surface area contributed by atoms with E-state index in [1.54, 1.807) is 37.8 Å². The number of hydrogen-bond acceptors (Lipinski definition) is 10. The van der Waals surface area contributed by atoms with Gasteiger partial charge in [0.2, 0.25) is 5.75 Å². The molecule has 0 fully saturated rings. The highest BCUT2D eigenvalue weighted by Gasteiger charge is 2.43. The Morgan fingerprint density at radius 2 is 1.84 bits per heavy atom. The molecule has 2 heterocycles. The van der Waals surface area contributed by atoms with Crippen LogP contribution >= 0.6 is 11.8 Å². The summed E-state index contributed by atoms with van der Waals surface area (Å²) in [6.07, 6.45) is -0.325. The topological polar surface area (TPSA) is 119 Å². The van der Waals surface area contributed by atoms with Crippen molar-refractivity contribution >= 4 is 22.9 Å². The van der Waals surface area contributed by atoms with Gasteiger partial charge >= 0.3 is 5.97 Å². The van der Waals surface area contributed by atoms with Crippen LogP contribution in [0.25, 0.3) is 0 Å². The number of aliphatic imine (C=N–C) groups is 1. The molecule has 0 amide bonds. The number of ether oxygens (including phenoxy) is 4. The van der Waals surface area contributed by atoms with Crippen molar-refractivity contribution in [2.24, 2.45) is 10.7 Å². The largest absolute Gasteiger partial charge is 0.493 e. The summed E-state index contributed by atoms with van der Waals surface area (Å²) in [4.78, 5) is 19.6. The third kappa shape index (κ3) is 3.88. The molecule has 0 saturated heterocycles. The second kappa shape index (κ2) is 8.81. The average molecular weight is 445 g/mol. The minimum absolute atomic E-state index is 0.215. The minimum Gasteiger partial charge on any atom is -0.493 e. The van der Waals surface area contributed by atoms with Gasteiger partial charge in [-0.25, -0.2) is 9.79 Å². The van der Waals surface area contributed by atoms with E-state index in [4.69, 9.17) is 24.7 Å². The van der Waals surface area contributed by atoms with Gasteiger partial charge in [-0.3, -0.25) is 4.90 Å². The second-order valence-corrected chi connectivity index (χ2v) is 7.98. The number of thioether (sulfide) groups is 1. The molecular formula is C21H24N4O5S. The van der Waals surface area contributed by atoms with Crippen LogP contribution in [0, 0.1) is 11.3 Å². The van der Waals surface area contributed by atoms with Gasteiger partial charge in [-0.1, -0.05) is 0 Å². The van der Waals surface area contributed by atoms with E-state index in [0.29, 0.717) is 44.2 Å². The number of esters is 1. The molecule has 1 atom stereocenters. The van der Waals surface area contributed by atoms with Crippen molar-refractivity contribution in [2.45, 2.75) is 32.9 Å². The maximum Gasteiger partial charge on any atom is 0.338 e. The number of benzene rings is 1. The molecule has 0 radical (unpaired) electrons. The third-order valence-electron chi connectivity index (χ3n) is 4.74. The number of hydrogen-bond donors (Lipinski definition) is 1. The molecule has 164 valence electrons. The molecule has 10 heteroatoms. The molecule has 0 bridgehead atoms. The monoisotopic (exact) mass is 444 g/mol. The lowest BCUT2D eigenvalue weighted by Gasteiger charge is -2.35. The molecule has 2 aliphatic rings. The fourth-order valence-electron chi connectivity index (χ4n) is 3.45. The molecule has 1 aromatic carbocycles. The van der Waals surface area contributed by atoms with E-state index in [1.165, 1.54) is 21.3 Å². The third-order valence-corrected chi connectivity index (χ3v) is 5.72. The van der Waals surface area contributed by atoms with Crippen molar-refractivity contribution < 1.29 is 23.7 Å². The van der Waals surface area contributed by atoms with Gasteiger partial charge in [0, 0.05) is 0 Å². The van der Waals surface area contributed by atoms with Crippen LogP contribution in [0.4, 0.5) is 0 Å². The Kier molecular flexibility index (Phi) is 6.36. The number of amidine groups is 1. The number of allylic oxidation sites excluding steroid dienone is 2. The lowest BCUT2D eigenvalue weighted by Crippen LogP contribution is -2.39. The van der Waals surface area contributed by atoms with Crippen LogP contribution < -0.4 is 19.9 Å². The van der Waals surface area contributed by atoms with Crippen molar-refractivity contribution in [1.82, 2.24) is 4.90 Å². The van der Waals surface area contributed by atoms with E-state index in [-0.39, 0.29) is 11.9 Å². The van der Waals surface area contributed by atoms with Gasteiger partial charge in [0.1, 0.15) is 16.8 Å². The number of nitrogens with two attached hydrogens (primary N) is 1. The molecule has 2 aliphatic heterocycles. The normalized spacial score (nSPS) is 17.9. The van der Waals surface area contributed by atoms with Crippen LogP contribution in [-0.2, 0) is 9.53 Å². The van der Waals surface area contributed by atoms with Crippen LogP contribution in [0.15, 0.2) is 39.1 Å². The SMILES string of the molecule is COc1cc([C@H]2C(C(=O)OC(C)C)=C(C)N=C3SC(C#N)=C(N)N32)cc(OC)c1OC. The highest BCUT2D eigenvalue weighted by molar-refractivity contribution is 8.17. The van der Waals surface area contributed by atoms with Crippen LogP contribution in [0.1, 0.15) is 32.4 Å². The summed E-state index contributed by atoms with van der Waals surface area (Å²) in [5.74, 6) is 0.960. The van der Waals surface area contributed by atoms with Gasteiger partial charge in [-0.15, -0.1) is 0 Å². The van der Waals surface area contributed by atoms with Crippen molar-refractivity contribution in [3.8, 4) is 23.3 Å². The van der Waals surface area contributed by atoms with Gasteiger partial charge in [-0.2, -0.15) is 5.26 Å². The number of nitriles is 1. The number of methoxy groups -OCH3 is 3. The first kappa shape index (κ1) is 22.4. The lowest BCUT2D eigenvalue weighted by molar-refractivity contribution is -0.143. The quantitative estimate of drug-likeness (QED) is 0.660. The van der Waals surface area contributed by atoms with E-state index < -0.39 is 12.0 Å². The van der Waals surface area contributed by atoms with E-state index in [0.717, 1.165) is 11.8 Å². The van der Waals surface area contributed by atoms with Crippen molar-refractivity contribution in [3.63, 3.8) is 0 Å². The number of rotatable bonds is 6. The van der Waals surface area contributed by atoms with Gasteiger partial charge in [-0.05, 0) is 50.2 Å². The summed E-state index contributed by atoms with van der Waals surface area (Å²) in [6, 6.07) is 4.87. The molecule has 0 spiro atoms. The second-order valence-electron chi connectivity index (χ2n) is 7.01. The van der Waals surface area contributed by atoms with E-state index in [2.05, 4.69) is 11.1 Å². The Bertz CT molecular complexity index is 1030. The summed E-state index contributed by atoms with van der Waals surface area (Å²) < 4.78 is 21.9. The van der Waals surface area contributed by atoms with Gasteiger partial charge in [0.15, 0.2) is 16.7 Å². The molecule has 0 aromatic heterocycles. The minimum atomic E-state index is -0.703. The Morgan fingerprint density at radius 3 is 2.32 bits per heavy atom. The fourth-order valence-corrected chi connectivity index (χ4v) is 4.37. The lowest BCUT2D eigenvalue weighted by atomic mass is 9.93. The maximum atomic E-state index is 13.1. The van der Waals surface area contributed by atoms with Crippen LogP contribution in [0.2, 0.25) is 0 Å². The zero-order valence-electron chi connectivity index (χ0n) is 18.2. The molecule has 2 N–H and O–H groups in total. The molecular weight excluding hydrogens is 420 g/mol. The average Bonchev–Trinajstić information content (AvgIpc) is 3.05. The first-order valence-corrected chi connectivity index (χ1v) is 10.3. The van der Waals surface area contributed by atoms with E-state index in [1.807, 2.05) is 0 Å². The molecule has 0 aliphatic carbocycles. The number of carbonyl (C=O) groups is 1. The van der Waals surface area contributed by atoms with Crippen molar-refractivity contribution in [3.05, 3.63) is 39.7 Å². The number of fused-ring (bicyclic) bond motifs is 1. The zero-order valence-corrected chi connectivity index (χ0v) is 19.0. The summed E-state index contributed by atoms with van der Waals surface area (Å²) in [7, 11) is 4.53. The smallest absolute Gasteiger partial charge is 0.338 e. The molecule has 0 unspecified atom stereocenters. The number of nitrogens with zero attached hydrogens (tertiary/aromatic N) is 3. The first-order chi connectivity index (χ1) is 14.8. The standard InChI is InChI=1S/C21H24N4O5S/c1-10(2)30-20(26)16-11(3)24-21-25(19(23)15(9-22)31-21)17(16)12-7-13(27-4)18(29-6)14(8-12)28-5/h7-8,10,17H,23H2,1-6H3/t17-/m0/s1. The van der Waals surface area contributed by atoms with E-state index >= 15 is 0 Å². The Labute approximate surface area is 185 Å². The van der Waals surface area contributed by atoms with Gasteiger partial charge in [0.25, 0.3) is 0 Å². The molecule has 0 saturated carbocycles. The number of carbonyl (C=O) groups excluding carboxylic acids is 1. The molecule has 3 rings (SSSR count). The summed E-state index contributed by atoms with van der Waals surface area (Å²) in [6.45, 7) is 5.27. The molecule has 31 heavy (non-hydrogen) atoms. The zero-order chi connectivity index (χ0) is 22.9.